The molecule has 0 bridgehead atoms. The van der Waals surface area contributed by atoms with Crippen LogP contribution in [0.3, 0.4) is 0 Å². The largest absolute Gasteiger partial charge is 0.465 e. The maximum atomic E-state index is 12.0. The second kappa shape index (κ2) is 6.69. The van der Waals surface area contributed by atoms with Crippen LogP contribution in [0.2, 0.25) is 5.02 Å². The lowest BCUT2D eigenvalue weighted by Gasteiger charge is -2.03. The molecule has 7 heteroatoms. The summed E-state index contributed by atoms with van der Waals surface area (Å²) in [5, 5.41) is 3.57. The van der Waals surface area contributed by atoms with Crippen molar-refractivity contribution in [2.45, 2.75) is 13.3 Å². The van der Waals surface area contributed by atoms with E-state index in [4.69, 9.17) is 11.6 Å². The predicted molar refractivity (Wildman–Crippen MR) is 82.0 cm³/mol. The van der Waals surface area contributed by atoms with Gasteiger partial charge < -0.3 is 10.1 Å². The molecule has 0 saturated carbocycles. The molecule has 0 unspecified atom stereocenters. The number of hydrogen-bond donors (Lipinski definition) is 1. The number of anilines is 1. The van der Waals surface area contributed by atoms with Gasteiger partial charge in [-0.2, -0.15) is 0 Å². The molecular formula is C14H13ClN2O3S. The van der Waals surface area contributed by atoms with E-state index in [2.05, 4.69) is 15.0 Å². The molecule has 0 atom stereocenters. The second-order valence-electron chi connectivity index (χ2n) is 4.24. The standard InChI is InChI=1S/C14H13ClN2O3S/c1-8-12(13(19)20-2)21-14(16-8)17-11(18)7-9-5-3-4-6-10(9)15/h3-6H,7H2,1-2H3,(H,16,17,18). The minimum absolute atomic E-state index is 0.145. The lowest BCUT2D eigenvalue weighted by Crippen LogP contribution is -2.14. The summed E-state index contributed by atoms with van der Waals surface area (Å²) in [5.74, 6) is -0.704. The fourth-order valence-electron chi connectivity index (χ4n) is 1.71. The number of methoxy groups -OCH3 is 1. The number of halogens is 1. The first kappa shape index (κ1) is 15.5. The zero-order chi connectivity index (χ0) is 15.4. The van der Waals surface area contributed by atoms with Gasteiger partial charge in [0.15, 0.2) is 5.13 Å². The van der Waals surface area contributed by atoms with Crippen molar-refractivity contribution in [2.24, 2.45) is 0 Å². The van der Waals surface area contributed by atoms with Gasteiger partial charge in [-0.3, -0.25) is 4.79 Å². The number of nitrogens with zero attached hydrogens (tertiary/aromatic N) is 1. The third-order valence-corrected chi connectivity index (χ3v) is 4.14. The fraction of sp³-hybridized carbons (Fsp3) is 0.214. The Kier molecular flexibility index (Phi) is 4.93. The Morgan fingerprint density at radius 2 is 2.10 bits per heavy atom. The maximum Gasteiger partial charge on any atom is 0.350 e. The van der Waals surface area contributed by atoms with E-state index in [9.17, 15) is 9.59 Å². The maximum absolute atomic E-state index is 12.0. The van der Waals surface area contributed by atoms with Gasteiger partial charge in [-0.25, -0.2) is 9.78 Å². The number of carbonyl (C=O) groups excluding carboxylic acids is 2. The van der Waals surface area contributed by atoms with E-state index >= 15 is 0 Å². The lowest BCUT2D eigenvalue weighted by atomic mass is 10.1. The van der Waals surface area contributed by atoms with Crippen LogP contribution in [0.15, 0.2) is 24.3 Å². The minimum atomic E-state index is -0.461. The summed E-state index contributed by atoms with van der Waals surface area (Å²) < 4.78 is 4.65. The minimum Gasteiger partial charge on any atom is -0.465 e. The Morgan fingerprint density at radius 1 is 1.38 bits per heavy atom. The van der Waals surface area contributed by atoms with E-state index < -0.39 is 5.97 Å². The van der Waals surface area contributed by atoms with Crippen LogP contribution < -0.4 is 5.32 Å². The summed E-state index contributed by atoms with van der Waals surface area (Å²) in [6.07, 6.45) is 0.145. The molecule has 0 spiro atoms. The van der Waals surface area contributed by atoms with Gasteiger partial charge in [-0.1, -0.05) is 41.1 Å². The first-order chi connectivity index (χ1) is 10.0. The molecule has 1 aromatic carbocycles. The van der Waals surface area contributed by atoms with E-state index in [-0.39, 0.29) is 12.3 Å². The number of aryl methyl sites for hydroxylation is 1. The van der Waals surface area contributed by atoms with Crippen molar-refractivity contribution in [1.29, 1.82) is 0 Å². The Balaban J connectivity index is 2.07. The van der Waals surface area contributed by atoms with Crippen molar-refractivity contribution in [2.75, 3.05) is 12.4 Å². The Morgan fingerprint density at radius 3 is 2.76 bits per heavy atom. The first-order valence-electron chi connectivity index (χ1n) is 6.10. The fourth-order valence-corrected chi connectivity index (χ4v) is 2.81. The highest BCUT2D eigenvalue weighted by Crippen LogP contribution is 2.23. The van der Waals surface area contributed by atoms with Crippen molar-refractivity contribution in [3.05, 3.63) is 45.4 Å². The van der Waals surface area contributed by atoms with Crippen LogP contribution in [0, 0.1) is 6.92 Å². The van der Waals surface area contributed by atoms with E-state index in [0.717, 1.165) is 16.9 Å². The van der Waals surface area contributed by atoms with Gasteiger partial charge in [0.1, 0.15) is 4.88 Å². The van der Waals surface area contributed by atoms with Gasteiger partial charge in [-0.15, -0.1) is 0 Å². The molecule has 0 aliphatic rings. The SMILES string of the molecule is COC(=O)c1sc(NC(=O)Cc2ccccc2Cl)nc1C. The van der Waals surface area contributed by atoms with Gasteiger partial charge in [0.2, 0.25) is 5.91 Å². The topological polar surface area (TPSA) is 68.3 Å². The predicted octanol–water partition coefficient (Wildman–Crippen LogP) is 3.07. The van der Waals surface area contributed by atoms with Crippen LogP contribution in [0.4, 0.5) is 5.13 Å². The number of amides is 1. The molecule has 1 N–H and O–H groups in total. The van der Waals surface area contributed by atoms with Gasteiger partial charge in [0, 0.05) is 5.02 Å². The van der Waals surface area contributed by atoms with Crippen LogP contribution in [0.1, 0.15) is 20.9 Å². The molecule has 110 valence electrons. The molecule has 0 aliphatic carbocycles. The number of nitrogens with one attached hydrogen (secondary N) is 1. The van der Waals surface area contributed by atoms with Crippen LogP contribution in [-0.4, -0.2) is 24.0 Å². The summed E-state index contributed by atoms with van der Waals surface area (Å²) >= 11 is 7.09. The molecule has 5 nitrogen and oxygen atoms in total. The molecule has 1 heterocycles. The van der Waals surface area contributed by atoms with Gasteiger partial charge >= 0.3 is 5.97 Å². The van der Waals surface area contributed by atoms with Gasteiger partial charge in [0.25, 0.3) is 0 Å². The summed E-state index contributed by atoms with van der Waals surface area (Å²) in [4.78, 5) is 28.0. The summed E-state index contributed by atoms with van der Waals surface area (Å²) in [7, 11) is 1.30. The molecule has 1 amide bonds. The van der Waals surface area contributed by atoms with Crippen LogP contribution in [-0.2, 0) is 16.0 Å². The quantitative estimate of drug-likeness (QED) is 0.878. The average Bonchev–Trinajstić information content (AvgIpc) is 2.81. The number of esters is 1. The molecular weight excluding hydrogens is 312 g/mol. The van der Waals surface area contributed by atoms with Crippen LogP contribution in [0.5, 0.6) is 0 Å². The highest BCUT2D eigenvalue weighted by atomic mass is 35.5. The van der Waals surface area contributed by atoms with E-state index in [1.807, 2.05) is 6.07 Å². The summed E-state index contributed by atoms with van der Waals surface area (Å²) in [5.41, 5.74) is 1.26. The summed E-state index contributed by atoms with van der Waals surface area (Å²) in [6.45, 7) is 1.69. The number of hydrogen-bond acceptors (Lipinski definition) is 5. The number of ether oxygens (including phenoxy) is 1. The third kappa shape index (κ3) is 3.80. The first-order valence-corrected chi connectivity index (χ1v) is 7.29. The number of thiazole rings is 1. The van der Waals surface area contributed by atoms with Gasteiger partial charge in [-0.05, 0) is 18.6 Å². The molecule has 21 heavy (non-hydrogen) atoms. The monoisotopic (exact) mass is 324 g/mol. The number of aromatic nitrogens is 1. The van der Waals surface area contributed by atoms with E-state index in [1.54, 1.807) is 25.1 Å². The highest BCUT2D eigenvalue weighted by molar-refractivity contribution is 7.17. The Bertz CT molecular complexity index is 685. The third-order valence-electron chi connectivity index (χ3n) is 2.72. The lowest BCUT2D eigenvalue weighted by molar-refractivity contribution is -0.115. The number of rotatable bonds is 4. The molecule has 2 rings (SSSR count). The molecule has 1 aromatic heterocycles. The summed E-state index contributed by atoms with van der Waals surface area (Å²) in [6, 6.07) is 7.13. The number of benzene rings is 1. The molecule has 0 radical (unpaired) electrons. The Labute approximate surface area is 130 Å². The van der Waals surface area contributed by atoms with E-state index in [1.165, 1.54) is 7.11 Å². The van der Waals surface area contributed by atoms with Crippen molar-refractivity contribution < 1.29 is 14.3 Å². The van der Waals surface area contributed by atoms with Crippen molar-refractivity contribution in [3.63, 3.8) is 0 Å². The van der Waals surface area contributed by atoms with Crippen molar-refractivity contribution in [3.8, 4) is 0 Å². The van der Waals surface area contributed by atoms with Crippen LogP contribution in [0.25, 0.3) is 0 Å². The zero-order valence-corrected chi connectivity index (χ0v) is 13.0. The smallest absolute Gasteiger partial charge is 0.350 e. The Hall–Kier alpha value is -1.92. The average molecular weight is 325 g/mol. The van der Waals surface area contributed by atoms with Gasteiger partial charge in [0.05, 0.1) is 19.2 Å². The molecule has 2 aromatic rings. The van der Waals surface area contributed by atoms with Crippen molar-refractivity contribution in [1.82, 2.24) is 4.98 Å². The molecule has 0 fully saturated rings. The molecule has 0 aliphatic heterocycles. The highest BCUT2D eigenvalue weighted by Gasteiger charge is 2.17. The van der Waals surface area contributed by atoms with E-state index in [0.29, 0.717) is 20.7 Å². The second-order valence-corrected chi connectivity index (χ2v) is 5.65. The van der Waals surface area contributed by atoms with Crippen LogP contribution >= 0.6 is 22.9 Å². The van der Waals surface area contributed by atoms with Crippen molar-refractivity contribution >= 4 is 39.9 Å². The zero-order valence-electron chi connectivity index (χ0n) is 11.5. The normalized spacial score (nSPS) is 10.2. The number of carbonyl (C=O) groups is 2. The molecule has 0 saturated heterocycles.